The summed E-state index contributed by atoms with van der Waals surface area (Å²) in [5.74, 6) is -3.94. The molecule has 0 radical (unpaired) electrons. The lowest BCUT2D eigenvalue weighted by molar-refractivity contribution is -0.133. The van der Waals surface area contributed by atoms with Crippen molar-refractivity contribution in [2.24, 2.45) is 0 Å². The summed E-state index contributed by atoms with van der Waals surface area (Å²) in [6, 6.07) is 4.40. The number of ether oxygens (including phenoxy) is 5. The molecule has 0 saturated carbocycles. The Bertz CT molecular complexity index is 1050. The van der Waals surface area contributed by atoms with Crippen LogP contribution in [0, 0.1) is 11.6 Å². The Morgan fingerprint density at radius 2 is 1.47 bits per heavy atom. The third-order valence-electron chi connectivity index (χ3n) is 4.65. The number of fused-ring (bicyclic) bond motifs is 2. The van der Waals surface area contributed by atoms with Crippen LogP contribution >= 0.6 is 0 Å². The second kappa shape index (κ2) is 8.89. The molecular formula is C23H20F2O7. The molecule has 0 fully saturated rings. The predicted octanol–water partition coefficient (Wildman–Crippen LogP) is 4.53. The molecule has 1 aliphatic heterocycles. The van der Waals surface area contributed by atoms with Gasteiger partial charge in [-0.15, -0.1) is 0 Å². The van der Waals surface area contributed by atoms with Crippen LogP contribution in [0.4, 0.5) is 8.78 Å². The molecule has 0 aromatic heterocycles. The minimum absolute atomic E-state index is 0.0367. The Balaban J connectivity index is 2.34. The fourth-order valence-corrected chi connectivity index (χ4v) is 3.40. The molecular weight excluding hydrogens is 426 g/mol. The summed E-state index contributed by atoms with van der Waals surface area (Å²) in [4.78, 5) is 22.7. The fraction of sp³-hybridized carbons (Fsp3) is 0.217. The quantitative estimate of drug-likeness (QED) is 0.268. The molecule has 168 valence electrons. The van der Waals surface area contributed by atoms with Crippen molar-refractivity contribution in [3.8, 4) is 23.0 Å². The van der Waals surface area contributed by atoms with Gasteiger partial charge in [0, 0.05) is 44.2 Å². The summed E-state index contributed by atoms with van der Waals surface area (Å²) in [6.45, 7) is 9.61. The van der Waals surface area contributed by atoms with Crippen molar-refractivity contribution in [1.29, 1.82) is 0 Å². The molecule has 0 saturated heterocycles. The average Bonchev–Trinajstić information content (AvgIpc) is 2.72. The van der Waals surface area contributed by atoms with E-state index in [1.807, 2.05) is 0 Å². The molecule has 0 aliphatic carbocycles. The van der Waals surface area contributed by atoms with Gasteiger partial charge in [-0.05, 0) is 17.7 Å². The number of benzene rings is 2. The van der Waals surface area contributed by atoms with Gasteiger partial charge in [-0.3, -0.25) is 9.59 Å². The van der Waals surface area contributed by atoms with Crippen molar-refractivity contribution in [3.63, 3.8) is 0 Å². The number of esters is 2. The van der Waals surface area contributed by atoms with Crippen LogP contribution in [0.2, 0.25) is 0 Å². The van der Waals surface area contributed by atoms with Crippen molar-refractivity contribution < 1.29 is 42.1 Å². The van der Waals surface area contributed by atoms with Gasteiger partial charge in [0.25, 0.3) is 0 Å². The lowest BCUT2D eigenvalue weighted by atomic mass is 9.77. The summed E-state index contributed by atoms with van der Waals surface area (Å²) in [6.07, 6.45) is 1.37. The van der Waals surface area contributed by atoms with E-state index in [1.54, 1.807) is 0 Å². The number of carbonyl (C=O) groups is 2. The van der Waals surface area contributed by atoms with Crippen molar-refractivity contribution in [2.75, 3.05) is 13.9 Å². The molecule has 1 heterocycles. The van der Waals surface area contributed by atoms with Crippen LogP contribution in [0.3, 0.4) is 0 Å². The summed E-state index contributed by atoms with van der Waals surface area (Å²) in [5, 5.41) is 0. The summed E-state index contributed by atoms with van der Waals surface area (Å²) >= 11 is 0. The maximum absolute atomic E-state index is 14.8. The highest BCUT2D eigenvalue weighted by atomic mass is 19.1. The van der Waals surface area contributed by atoms with Crippen LogP contribution in [0.25, 0.3) is 0 Å². The maximum atomic E-state index is 14.8. The van der Waals surface area contributed by atoms with Gasteiger partial charge in [0.1, 0.15) is 18.3 Å². The Labute approximate surface area is 182 Å². The topological polar surface area (TPSA) is 80.3 Å². The number of hydrogen-bond acceptors (Lipinski definition) is 7. The van der Waals surface area contributed by atoms with E-state index in [0.717, 1.165) is 38.1 Å². The maximum Gasteiger partial charge on any atom is 0.308 e. The zero-order valence-electron chi connectivity index (χ0n) is 17.6. The van der Waals surface area contributed by atoms with E-state index in [4.69, 9.17) is 23.7 Å². The molecule has 3 rings (SSSR count). The molecule has 0 bridgehead atoms. The van der Waals surface area contributed by atoms with Crippen LogP contribution < -0.4 is 14.2 Å². The first-order chi connectivity index (χ1) is 15.1. The zero-order valence-corrected chi connectivity index (χ0v) is 17.6. The minimum atomic E-state index is -1.67. The van der Waals surface area contributed by atoms with Crippen molar-refractivity contribution in [3.05, 3.63) is 71.8 Å². The van der Waals surface area contributed by atoms with Crippen molar-refractivity contribution in [2.45, 2.75) is 19.4 Å². The number of halogens is 2. The van der Waals surface area contributed by atoms with Crippen molar-refractivity contribution in [1.82, 2.24) is 0 Å². The number of hydrogen-bond donors (Lipinski definition) is 0. The van der Waals surface area contributed by atoms with Gasteiger partial charge in [0.15, 0.2) is 28.7 Å². The molecule has 1 aliphatic rings. The van der Waals surface area contributed by atoms with E-state index in [9.17, 15) is 18.4 Å². The van der Waals surface area contributed by atoms with E-state index in [1.165, 1.54) is 13.2 Å². The third-order valence-corrected chi connectivity index (χ3v) is 4.65. The van der Waals surface area contributed by atoms with E-state index in [2.05, 4.69) is 13.2 Å². The van der Waals surface area contributed by atoms with Gasteiger partial charge >= 0.3 is 11.9 Å². The molecule has 32 heavy (non-hydrogen) atoms. The van der Waals surface area contributed by atoms with Crippen LogP contribution in [-0.2, 0) is 24.7 Å². The second-order valence-electron chi connectivity index (χ2n) is 6.81. The van der Waals surface area contributed by atoms with E-state index < -0.39 is 29.2 Å². The molecule has 2 aromatic rings. The van der Waals surface area contributed by atoms with E-state index in [-0.39, 0.29) is 46.5 Å². The fourth-order valence-electron chi connectivity index (χ4n) is 3.40. The second-order valence-corrected chi connectivity index (χ2v) is 6.81. The molecule has 7 nitrogen and oxygen atoms in total. The van der Waals surface area contributed by atoms with E-state index in [0.29, 0.717) is 0 Å². The van der Waals surface area contributed by atoms with Crippen LogP contribution in [0.15, 0.2) is 49.1 Å². The van der Waals surface area contributed by atoms with Crippen LogP contribution in [-0.4, -0.2) is 25.8 Å². The van der Waals surface area contributed by atoms with Crippen molar-refractivity contribution >= 4 is 11.9 Å². The van der Waals surface area contributed by atoms with Gasteiger partial charge in [-0.2, -0.15) is 0 Å². The van der Waals surface area contributed by atoms with E-state index >= 15 is 0 Å². The molecule has 0 amide bonds. The van der Waals surface area contributed by atoms with Gasteiger partial charge in [-0.1, -0.05) is 19.2 Å². The lowest BCUT2D eigenvalue weighted by Gasteiger charge is -2.40. The molecule has 9 heteroatoms. The lowest BCUT2D eigenvalue weighted by Crippen LogP contribution is -2.37. The molecule has 0 atom stereocenters. The molecule has 0 N–H and O–H groups in total. The zero-order chi connectivity index (χ0) is 23.6. The largest absolute Gasteiger partial charge is 0.456 e. The minimum Gasteiger partial charge on any atom is -0.456 e. The predicted molar refractivity (Wildman–Crippen MR) is 109 cm³/mol. The summed E-state index contributed by atoms with van der Waals surface area (Å²) < 4.78 is 56.3. The average molecular weight is 446 g/mol. The molecule has 0 unspecified atom stereocenters. The highest BCUT2D eigenvalue weighted by Gasteiger charge is 2.47. The first kappa shape index (κ1) is 23.1. The highest BCUT2D eigenvalue weighted by molar-refractivity contribution is 5.72. The number of methoxy groups -OCH3 is 1. The Hall–Kier alpha value is -3.56. The first-order valence-corrected chi connectivity index (χ1v) is 9.31. The highest BCUT2D eigenvalue weighted by Crippen LogP contribution is 2.54. The van der Waals surface area contributed by atoms with Crippen LogP contribution in [0.5, 0.6) is 23.0 Å². The Morgan fingerprint density at radius 3 is 1.84 bits per heavy atom. The van der Waals surface area contributed by atoms with Crippen LogP contribution in [0.1, 0.15) is 25.0 Å². The monoisotopic (exact) mass is 446 g/mol. The third kappa shape index (κ3) is 4.00. The normalized spacial score (nSPS) is 13.3. The summed E-state index contributed by atoms with van der Waals surface area (Å²) in [5.41, 5.74) is -1.23. The Morgan fingerprint density at radius 1 is 1.00 bits per heavy atom. The SMILES string of the molecule is C=CC(=C)C1(OCOC)c2cc(F)c(OC(C)=O)cc2Oc2cc(OC(C)=O)c(F)cc21. The molecule has 0 spiro atoms. The Kier molecular flexibility index (Phi) is 6.42. The first-order valence-electron chi connectivity index (χ1n) is 9.31. The van der Waals surface area contributed by atoms with Gasteiger partial charge in [0.2, 0.25) is 0 Å². The van der Waals surface area contributed by atoms with Gasteiger partial charge in [-0.25, -0.2) is 8.78 Å². The smallest absolute Gasteiger partial charge is 0.308 e. The molecule has 2 aromatic carbocycles. The van der Waals surface area contributed by atoms with Gasteiger partial charge < -0.3 is 23.7 Å². The number of rotatable bonds is 7. The standard InChI is InChI=1S/C23H20F2O7/c1-6-12(2)23(29-11-28-5)15-7-17(24)21(30-13(3)26)9-19(15)32-20-10-22(31-14(4)27)18(25)8-16(20)23/h6-10H,1-2,11H2,3-5H3. The van der Waals surface area contributed by atoms with Gasteiger partial charge in [0.05, 0.1) is 0 Å². The number of carbonyl (C=O) groups excluding carboxylic acids is 2. The summed E-state index contributed by atoms with van der Waals surface area (Å²) in [7, 11) is 1.38.